The van der Waals surface area contributed by atoms with Crippen LogP contribution in [0.1, 0.15) is 10.6 Å². The van der Waals surface area contributed by atoms with Gasteiger partial charge in [0, 0.05) is 22.8 Å². The second-order valence-corrected chi connectivity index (χ2v) is 6.97. The monoisotopic (exact) mass is 432 g/mol. The quantitative estimate of drug-likeness (QED) is 0.585. The van der Waals surface area contributed by atoms with Gasteiger partial charge < -0.3 is 0 Å². The topological polar surface area (TPSA) is 52.2 Å². The molecule has 5 nitrogen and oxygen atoms in total. The lowest BCUT2D eigenvalue weighted by molar-refractivity contribution is -0.287. The Hall–Kier alpha value is -2.51. The minimum Gasteiger partial charge on any atom is -0.268 e. The van der Waals surface area contributed by atoms with Crippen LogP contribution < -0.4 is 5.56 Å². The highest BCUT2D eigenvalue weighted by Gasteiger charge is 2.57. The van der Waals surface area contributed by atoms with Crippen molar-refractivity contribution >= 4 is 16.3 Å². The smallest absolute Gasteiger partial charge is 0.268 e. The van der Waals surface area contributed by atoms with Gasteiger partial charge in [0.25, 0.3) is 5.56 Å². The number of hydrogen-bond acceptors (Lipinski definition) is 4. The standard InChI is InChI=1S/C14H8F8N4OS/c1-6-3-26-10(27)8(9(13(17,18)19)24-11(26)28-6)7-2-23-25(4-7)5-12(15,16)14(20,21)22/h2-4H,5H2,1H3. The first-order valence-corrected chi connectivity index (χ1v) is 8.10. The van der Waals surface area contributed by atoms with E-state index in [0.717, 1.165) is 15.7 Å². The van der Waals surface area contributed by atoms with Gasteiger partial charge in [-0.15, -0.1) is 11.3 Å². The number of nitrogens with zero attached hydrogens (tertiary/aromatic N) is 4. The maximum Gasteiger partial charge on any atom is 0.455 e. The predicted molar refractivity (Wildman–Crippen MR) is 81.3 cm³/mol. The van der Waals surface area contributed by atoms with E-state index < -0.39 is 47.2 Å². The summed E-state index contributed by atoms with van der Waals surface area (Å²) < 4.78 is 104. The number of fused-ring (bicyclic) bond motifs is 1. The molecule has 0 aliphatic heterocycles. The molecule has 0 radical (unpaired) electrons. The first kappa shape index (κ1) is 20.2. The summed E-state index contributed by atoms with van der Waals surface area (Å²) >= 11 is 0.823. The fraction of sp³-hybridized carbons (Fsp3) is 0.357. The molecule has 0 saturated carbocycles. The highest BCUT2D eigenvalue weighted by atomic mass is 32.1. The van der Waals surface area contributed by atoms with E-state index in [1.54, 1.807) is 0 Å². The van der Waals surface area contributed by atoms with Crippen molar-refractivity contribution < 1.29 is 35.1 Å². The number of alkyl halides is 8. The highest BCUT2D eigenvalue weighted by molar-refractivity contribution is 7.16. The van der Waals surface area contributed by atoms with E-state index in [9.17, 15) is 39.9 Å². The fourth-order valence-corrected chi connectivity index (χ4v) is 3.21. The largest absolute Gasteiger partial charge is 0.455 e. The van der Waals surface area contributed by atoms with Crippen LogP contribution in [-0.2, 0) is 12.7 Å². The number of aryl methyl sites for hydroxylation is 1. The molecule has 0 N–H and O–H groups in total. The zero-order valence-electron chi connectivity index (χ0n) is 13.6. The van der Waals surface area contributed by atoms with Crippen molar-refractivity contribution in [1.29, 1.82) is 0 Å². The lowest BCUT2D eigenvalue weighted by Gasteiger charge is -2.19. The van der Waals surface area contributed by atoms with Gasteiger partial charge in [-0.25, -0.2) is 4.98 Å². The minimum absolute atomic E-state index is 0.121. The zero-order chi connectivity index (χ0) is 21.1. The van der Waals surface area contributed by atoms with Crippen molar-refractivity contribution in [2.24, 2.45) is 0 Å². The summed E-state index contributed by atoms with van der Waals surface area (Å²) in [4.78, 5) is 16.2. The van der Waals surface area contributed by atoms with Gasteiger partial charge in [0.05, 0.1) is 11.8 Å². The second-order valence-electron chi connectivity index (χ2n) is 5.76. The summed E-state index contributed by atoms with van der Waals surface area (Å²) in [6, 6.07) is 0. The van der Waals surface area contributed by atoms with Crippen LogP contribution in [-0.4, -0.2) is 31.3 Å². The van der Waals surface area contributed by atoms with Gasteiger partial charge in [-0.3, -0.25) is 13.9 Å². The van der Waals surface area contributed by atoms with Gasteiger partial charge in [-0.2, -0.15) is 40.2 Å². The number of aromatic nitrogens is 4. The maximum absolute atomic E-state index is 13.4. The summed E-state index contributed by atoms with van der Waals surface area (Å²) in [5, 5.41) is 3.24. The van der Waals surface area contributed by atoms with Gasteiger partial charge in [0.1, 0.15) is 6.54 Å². The Morgan fingerprint density at radius 2 is 1.71 bits per heavy atom. The molecule has 0 aliphatic carbocycles. The van der Waals surface area contributed by atoms with E-state index in [1.165, 1.54) is 13.1 Å². The van der Waals surface area contributed by atoms with Crippen LogP contribution in [0.25, 0.3) is 16.1 Å². The number of thiazole rings is 1. The summed E-state index contributed by atoms with van der Waals surface area (Å²) in [5.74, 6) is -5.16. The number of hydrogen-bond donors (Lipinski definition) is 0. The summed E-state index contributed by atoms with van der Waals surface area (Å²) in [5.41, 5.74) is -4.31. The van der Waals surface area contributed by atoms with Crippen LogP contribution in [0.4, 0.5) is 35.1 Å². The van der Waals surface area contributed by atoms with Gasteiger partial charge in [-0.1, -0.05) is 0 Å². The molecule has 0 fully saturated rings. The first-order chi connectivity index (χ1) is 12.7. The van der Waals surface area contributed by atoms with E-state index >= 15 is 0 Å². The third-order valence-electron chi connectivity index (χ3n) is 3.61. The third-order valence-corrected chi connectivity index (χ3v) is 4.51. The van der Waals surface area contributed by atoms with Crippen LogP contribution in [0.3, 0.4) is 0 Å². The maximum atomic E-state index is 13.4. The Bertz CT molecular complexity index is 1090. The molecule has 28 heavy (non-hydrogen) atoms. The van der Waals surface area contributed by atoms with E-state index in [0.29, 0.717) is 17.3 Å². The van der Waals surface area contributed by atoms with E-state index in [2.05, 4.69) is 10.1 Å². The molecule has 0 spiro atoms. The third kappa shape index (κ3) is 3.47. The van der Waals surface area contributed by atoms with Gasteiger partial charge in [0.15, 0.2) is 10.7 Å². The molecular weight excluding hydrogens is 424 g/mol. The molecule has 0 saturated heterocycles. The van der Waals surface area contributed by atoms with Crippen molar-refractivity contribution in [2.45, 2.75) is 31.7 Å². The fourth-order valence-electron chi connectivity index (χ4n) is 2.39. The molecular formula is C14H8F8N4OS. The molecule has 0 bridgehead atoms. The van der Waals surface area contributed by atoms with Crippen molar-refractivity contribution in [2.75, 3.05) is 0 Å². The molecule has 152 valence electrons. The van der Waals surface area contributed by atoms with Crippen molar-refractivity contribution in [3.05, 3.63) is 39.5 Å². The Morgan fingerprint density at radius 3 is 2.29 bits per heavy atom. The zero-order valence-corrected chi connectivity index (χ0v) is 14.4. The first-order valence-electron chi connectivity index (χ1n) is 7.28. The average Bonchev–Trinajstić information content (AvgIpc) is 3.10. The molecule has 3 aromatic rings. The van der Waals surface area contributed by atoms with Crippen molar-refractivity contribution in [1.82, 2.24) is 19.2 Å². The summed E-state index contributed by atoms with van der Waals surface area (Å²) in [6.45, 7) is -0.421. The van der Waals surface area contributed by atoms with Gasteiger partial charge >= 0.3 is 18.3 Å². The van der Waals surface area contributed by atoms with Crippen LogP contribution in [0.2, 0.25) is 0 Å². The lowest BCUT2D eigenvalue weighted by atomic mass is 10.1. The summed E-state index contributed by atoms with van der Waals surface area (Å²) in [6.07, 6.45) is -8.59. The van der Waals surface area contributed by atoms with Gasteiger partial charge in [0.2, 0.25) is 0 Å². The van der Waals surface area contributed by atoms with E-state index in [4.69, 9.17) is 0 Å². The van der Waals surface area contributed by atoms with E-state index in [-0.39, 0.29) is 9.64 Å². The Morgan fingerprint density at radius 1 is 1.07 bits per heavy atom. The molecule has 0 amide bonds. The predicted octanol–water partition coefficient (Wildman–Crippen LogP) is 4.14. The van der Waals surface area contributed by atoms with Crippen LogP contribution in [0, 0.1) is 6.92 Å². The lowest BCUT2D eigenvalue weighted by Crippen LogP contribution is -2.40. The SMILES string of the molecule is Cc1cn2c(=O)c(-c3cnn(CC(F)(F)C(F)(F)F)c3)c(C(F)(F)F)nc2s1. The molecule has 0 atom stereocenters. The average molecular weight is 432 g/mol. The van der Waals surface area contributed by atoms with Crippen LogP contribution >= 0.6 is 11.3 Å². The van der Waals surface area contributed by atoms with Crippen LogP contribution in [0.15, 0.2) is 23.4 Å². The van der Waals surface area contributed by atoms with Crippen molar-refractivity contribution in [3.8, 4) is 11.1 Å². The highest BCUT2D eigenvalue weighted by Crippen LogP contribution is 2.38. The molecule has 0 aliphatic rings. The normalized spacial score (nSPS) is 13.5. The minimum atomic E-state index is -5.87. The van der Waals surface area contributed by atoms with Crippen molar-refractivity contribution in [3.63, 3.8) is 0 Å². The second kappa shape index (κ2) is 6.25. The Balaban J connectivity index is 2.15. The molecule has 3 aromatic heterocycles. The number of rotatable bonds is 3. The summed E-state index contributed by atoms with van der Waals surface area (Å²) in [7, 11) is 0. The molecule has 3 heterocycles. The van der Waals surface area contributed by atoms with Crippen LogP contribution in [0.5, 0.6) is 0 Å². The molecule has 14 heteroatoms. The molecule has 0 aromatic carbocycles. The molecule has 3 rings (SSSR count). The van der Waals surface area contributed by atoms with Gasteiger partial charge in [-0.05, 0) is 6.92 Å². The number of halogens is 8. The Labute approximate surface area is 153 Å². The Kier molecular flexibility index (Phi) is 4.52. The van der Waals surface area contributed by atoms with E-state index in [1.807, 2.05) is 0 Å². The molecule has 0 unspecified atom stereocenters.